The van der Waals surface area contributed by atoms with Crippen molar-refractivity contribution in [2.45, 2.75) is 6.92 Å². The van der Waals surface area contributed by atoms with Gasteiger partial charge in [0.2, 0.25) is 0 Å². The summed E-state index contributed by atoms with van der Waals surface area (Å²) in [5, 5.41) is 7.60. The Kier molecular flexibility index (Phi) is 3.89. The molecule has 0 amide bonds. The van der Waals surface area contributed by atoms with Crippen molar-refractivity contribution in [1.29, 1.82) is 0 Å². The smallest absolute Gasteiger partial charge is 0.0648 e. The van der Waals surface area contributed by atoms with E-state index in [9.17, 15) is 0 Å². The third-order valence-electron chi connectivity index (χ3n) is 3.36. The fraction of sp³-hybridized carbons (Fsp3) is 0.0556. The van der Waals surface area contributed by atoms with E-state index in [-0.39, 0.29) is 0 Å². The quantitative estimate of drug-likeness (QED) is 0.512. The summed E-state index contributed by atoms with van der Waals surface area (Å²) < 4.78 is 0. The number of rotatable bonds is 3. The minimum atomic E-state index is 0.718. The molecular weight excluding hydrogens is 280 g/mol. The Bertz CT molecular complexity index is 792. The zero-order valence-corrected chi connectivity index (χ0v) is 12.4. The average molecular weight is 295 g/mol. The van der Waals surface area contributed by atoms with Gasteiger partial charge >= 0.3 is 0 Å². The van der Waals surface area contributed by atoms with E-state index >= 15 is 0 Å². The van der Waals surface area contributed by atoms with E-state index in [1.165, 1.54) is 10.8 Å². The van der Waals surface area contributed by atoms with Crippen molar-refractivity contribution in [3.8, 4) is 0 Å². The highest BCUT2D eigenvalue weighted by Crippen LogP contribution is 2.17. The molecular formula is C18H15ClN2. The van der Waals surface area contributed by atoms with Crippen LogP contribution in [0.15, 0.2) is 71.8 Å². The van der Waals surface area contributed by atoms with Gasteiger partial charge in [-0.25, -0.2) is 0 Å². The molecule has 0 spiro atoms. The van der Waals surface area contributed by atoms with Gasteiger partial charge in [0.05, 0.1) is 11.4 Å². The number of nitrogens with one attached hydrogen (secondary N) is 1. The number of benzene rings is 3. The summed E-state index contributed by atoms with van der Waals surface area (Å²) in [7, 11) is 0. The molecule has 0 saturated carbocycles. The lowest BCUT2D eigenvalue weighted by Gasteiger charge is -2.05. The Hall–Kier alpha value is -2.32. The molecule has 3 aromatic rings. The SMILES string of the molecule is CC(=NNc1ccc(Cl)cc1)c1ccc2ccccc2c1. The van der Waals surface area contributed by atoms with Gasteiger partial charge in [-0.2, -0.15) is 5.10 Å². The van der Waals surface area contributed by atoms with Crippen LogP contribution in [0.3, 0.4) is 0 Å². The second-order valence-electron chi connectivity index (χ2n) is 4.88. The largest absolute Gasteiger partial charge is 0.278 e. The number of halogens is 1. The van der Waals surface area contributed by atoms with Gasteiger partial charge < -0.3 is 0 Å². The summed E-state index contributed by atoms with van der Waals surface area (Å²) in [5.41, 5.74) is 6.01. The fourth-order valence-corrected chi connectivity index (χ4v) is 2.28. The lowest BCUT2D eigenvalue weighted by atomic mass is 10.0. The van der Waals surface area contributed by atoms with E-state index in [4.69, 9.17) is 11.6 Å². The number of anilines is 1. The topological polar surface area (TPSA) is 24.4 Å². The molecule has 21 heavy (non-hydrogen) atoms. The molecule has 0 fully saturated rings. The molecule has 0 radical (unpaired) electrons. The first kappa shape index (κ1) is 13.7. The first-order valence-electron chi connectivity index (χ1n) is 6.77. The lowest BCUT2D eigenvalue weighted by Crippen LogP contribution is -1.99. The molecule has 2 nitrogen and oxygen atoms in total. The molecule has 0 bridgehead atoms. The molecule has 104 valence electrons. The van der Waals surface area contributed by atoms with Gasteiger partial charge in [0.15, 0.2) is 0 Å². The number of hydrogen-bond donors (Lipinski definition) is 1. The van der Waals surface area contributed by atoms with Gasteiger partial charge in [-0.15, -0.1) is 0 Å². The zero-order chi connectivity index (χ0) is 14.7. The molecule has 0 unspecified atom stereocenters. The van der Waals surface area contributed by atoms with E-state index in [1.54, 1.807) is 0 Å². The molecule has 0 aromatic heterocycles. The molecule has 0 heterocycles. The Morgan fingerprint density at radius 3 is 2.38 bits per heavy atom. The summed E-state index contributed by atoms with van der Waals surface area (Å²) in [6.45, 7) is 1.99. The van der Waals surface area contributed by atoms with E-state index in [2.05, 4.69) is 40.9 Å². The molecule has 0 atom stereocenters. The molecule has 0 aliphatic carbocycles. The van der Waals surface area contributed by atoms with Crippen LogP contribution in [0.5, 0.6) is 0 Å². The molecule has 0 saturated heterocycles. The van der Waals surface area contributed by atoms with Crippen LogP contribution in [0, 0.1) is 0 Å². The first-order valence-corrected chi connectivity index (χ1v) is 7.15. The van der Waals surface area contributed by atoms with Crippen molar-refractivity contribution in [3.63, 3.8) is 0 Å². The molecule has 1 N–H and O–H groups in total. The molecule has 3 rings (SSSR count). The highest BCUT2D eigenvalue weighted by molar-refractivity contribution is 6.30. The third kappa shape index (κ3) is 3.23. The summed E-state index contributed by atoms with van der Waals surface area (Å²) in [6, 6.07) is 22.1. The minimum Gasteiger partial charge on any atom is -0.278 e. The second-order valence-corrected chi connectivity index (χ2v) is 5.31. The number of hydrogen-bond acceptors (Lipinski definition) is 2. The monoisotopic (exact) mass is 294 g/mol. The van der Waals surface area contributed by atoms with Crippen molar-refractivity contribution < 1.29 is 0 Å². The van der Waals surface area contributed by atoms with Gasteiger partial charge in [0.25, 0.3) is 0 Å². The van der Waals surface area contributed by atoms with Crippen LogP contribution in [0.1, 0.15) is 12.5 Å². The van der Waals surface area contributed by atoms with Crippen LogP contribution in [0.4, 0.5) is 5.69 Å². The third-order valence-corrected chi connectivity index (χ3v) is 3.62. The van der Waals surface area contributed by atoms with E-state index in [0.29, 0.717) is 0 Å². The van der Waals surface area contributed by atoms with Crippen molar-refractivity contribution in [1.82, 2.24) is 0 Å². The fourth-order valence-electron chi connectivity index (χ4n) is 2.15. The van der Waals surface area contributed by atoms with E-state index in [0.717, 1.165) is 22.0 Å². The van der Waals surface area contributed by atoms with Gasteiger partial charge in [-0.05, 0) is 53.6 Å². The van der Waals surface area contributed by atoms with Crippen molar-refractivity contribution >= 4 is 33.8 Å². The Labute approximate surface area is 129 Å². The van der Waals surface area contributed by atoms with Gasteiger partial charge in [-0.3, -0.25) is 5.43 Å². The Morgan fingerprint density at radius 2 is 1.62 bits per heavy atom. The van der Waals surface area contributed by atoms with Crippen molar-refractivity contribution in [2.75, 3.05) is 5.43 Å². The summed E-state index contributed by atoms with van der Waals surface area (Å²) in [4.78, 5) is 0. The number of nitrogens with zero attached hydrogens (tertiary/aromatic N) is 1. The van der Waals surface area contributed by atoms with E-state index < -0.39 is 0 Å². The minimum absolute atomic E-state index is 0.718. The van der Waals surface area contributed by atoms with Crippen LogP contribution in [0.2, 0.25) is 5.02 Å². The first-order chi connectivity index (χ1) is 10.2. The second kappa shape index (κ2) is 5.98. The summed E-state index contributed by atoms with van der Waals surface area (Å²) in [6.07, 6.45) is 0. The van der Waals surface area contributed by atoms with Crippen LogP contribution >= 0.6 is 11.6 Å². The predicted octanol–water partition coefficient (Wildman–Crippen LogP) is 5.33. The Morgan fingerprint density at radius 1 is 0.905 bits per heavy atom. The molecule has 3 heteroatoms. The highest BCUT2D eigenvalue weighted by atomic mass is 35.5. The molecule has 3 aromatic carbocycles. The van der Waals surface area contributed by atoms with Crippen molar-refractivity contribution in [2.24, 2.45) is 5.10 Å². The normalized spacial score (nSPS) is 11.6. The standard InChI is InChI=1S/C18H15ClN2/c1-13(20-21-18-10-8-17(19)9-11-18)15-7-6-14-4-2-3-5-16(14)12-15/h2-12,21H,1H3. The van der Waals surface area contributed by atoms with Gasteiger partial charge in [-0.1, -0.05) is 48.0 Å². The summed E-state index contributed by atoms with van der Waals surface area (Å²) >= 11 is 5.86. The predicted molar refractivity (Wildman–Crippen MR) is 91.2 cm³/mol. The van der Waals surface area contributed by atoms with Gasteiger partial charge in [0, 0.05) is 5.02 Å². The zero-order valence-electron chi connectivity index (χ0n) is 11.7. The lowest BCUT2D eigenvalue weighted by molar-refractivity contribution is 1.32. The van der Waals surface area contributed by atoms with Crippen LogP contribution in [0.25, 0.3) is 10.8 Å². The Balaban J connectivity index is 1.83. The maximum absolute atomic E-state index is 5.86. The van der Waals surface area contributed by atoms with Crippen LogP contribution in [-0.4, -0.2) is 5.71 Å². The maximum atomic E-state index is 5.86. The maximum Gasteiger partial charge on any atom is 0.0648 e. The highest BCUT2D eigenvalue weighted by Gasteiger charge is 2.00. The van der Waals surface area contributed by atoms with E-state index in [1.807, 2.05) is 43.3 Å². The molecule has 0 aliphatic rings. The van der Waals surface area contributed by atoms with Crippen LogP contribution in [-0.2, 0) is 0 Å². The molecule has 0 aliphatic heterocycles. The van der Waals surface area contributed by atoms with Gasteiger partial charge in [0.1, 0.15) is 0 Å². The van der Waals surface area contributed by atoms with Crippen molar-refractivity contribution in [3.05, 3.63) is 77.3 Å². The average Bonchev–Trinajstić information content (AvgIpc) is 2.53. The number of hydrazone groups is 1. The number of fused-ring (bicyclic) bond motifs is 1. The van der Waals surface area contributed by atoms with Crippen LogP contribution < -0.4 is 5.43 Å². The summed E-state index contributed by atoms with van der Waals surface area (Å²) in [5.74, 6) is 0.